The van der Waals surface area contributed by atoms with E-state index in [1.807, 2.05) is 0 Å². The lowest BCUT2D eigenvalue weighted by Gasteiger charge is -2.20. The van der Waals surface area contributed by atoms with E-state index in [0.29, 0.717) is 5.92 Å². The van der Waals surface area contributed by atoms with Gasteiger partial charge in [0.25, 0.3) is 0 Å². The normalized spacial score (nSPS) is 18.9. The van der Waals surface area contributed by atoms with Gasteiger partial charge in [0.2, 0.25) is 0 Å². The molecule has 18 heavy (non-hydrogen) atoms. The maximum atomic E-state index is 2.32. The van der Waals surface area contributed by atoms with Gasteiger partial charge in [-0.3, -0.25) is 0 Å². The summed E-state index contributed by atoms with van der Waals surface area (Å²) in [7, 11) is 0. The molecule has 0 nitrogen and oxygen atoms in total. The largest absolute Gasteiger partial charge is 0.0619 e. The van der Waals surface area contributed by atoms with Gasteiger partial charge >= 0.3 is 0 Å². The lowest BCUT2D eigenvalue weighted by Crippen LogP contribution is -2.06. The molecular formula is C18H17. The minimum atomic E-state index is 0.583. The van der Waals surface area contributed by atoms with E-state index in [4.69, 9.17) is 0 Å². The van der Waals surface area contributed by atoms with Crippen LogP contribution in [0.4, 0.5) is 0 Å². The molecule has 2 aromatic carbocycles. The number of rotatable bonds is 1. The predicted molar refractivity (Wildman–Crippen MR) is 75.4 cm³/mol. The van der Waals surface area contributed by atoms with Gasteiger partial charge in [-0.25, -0.2) is 0 Å². The summed E-state index contributed by atoms with van der Waals surface area (Å²) in [5, 5.41) is 0. The van der Waals surface area contributed by atoms with Crippen LogP contribution < -0.4 is 0 Å². The van der Waals surface area contributed by atoms with Crippen LogP contribution in [0.5, 0.6) is 0 Å². The molecule has 1 radical (unpaired) electrons. The highest BCUT2D eigenvalue weighted by Crippen LogP contribution is 2.52. The highest BCUT2D eigenvalue weighted by atomic mass is 14.4. The molecule has 0 saturated heterocycles. The Morgan fingerprint density at radius 3 is 1.72 bits per heavy atom. The molecule has 0 N–H and O–H groups in total. The van der Waals surface area contributed by atoms with Crippen molar-refractivity contribution in [2.24, 2.45) is 0 Å². The van der Waals surface area contributed by atoms with Gasteiger partial charge in [-0.2, -0.15) is 0 Å². The third-order valence-electron chi connectivity index (χ3n) is 4.49. The second kappa shape index (κ2) is 3.98. The van der Waals surface area contributed by atoms with Crippen molar-refractivity contribution in [1.29, 1.82) is 0 Å². The zero-order valence-electron chi connectivity index (χ0n) is 10.5. The molecule has 1 fully saturated rings. The van der Waals surface area contributed by atoms with Crippen LogP contribution in [0.25, 0.3) is 11.1 Å². The third-order valence-corrected chi connectivity index (χ3v) is 4.49. The number of hydrogen-bond acceptors (Lipinski definition) is 0. The van der Waals surface area contributed by atoms with Crippen molar-refractivity contribution in [3.63, 3.8) is 0 Å². The van der Waals surface area contributed by atoms with Crippen LogP contribution in [-0.2, 0) is 0 Å². The molecule has 0 bridgehead atoms. The summed E-state index contributed by atoms with van der Waals surface area (Å²) in [6.45, 7) is 0. The van der Waals surface area contributed by atoms with Crippen molar-refractivity contribution in [1.82, 2.24) is 0 Å². The predicted octanol–water partition coefficient (Wildman–Crippen LogP) is 4.95. The van der Waals surface area contributed by atoms with Gasteiger partial charge in [-0.15, -0.1) is 0 Å². The maximum absolute atomic E-state index is 2.32. The molecule has 2 aromatic rings. The van der Waals surface area contributed by atoms with E-state index in [2.05, 4.69) is 48.5 Å². The summed E-state index contributed by atoms with van der Waals surface area (Å²) in [5.41, 5.74) is 5.99. The molecular weight excluding hydrogens is 216 g/mol. The van der Waals surface area contributed by atoms with Crippen LogP contribution in [0.15, 0.2) is 48.5 Å². The lowest BCUT2D eigenvalue weighted by molar-refractivity contribution is 0.754. The molecule has 0 unspecified atom stereocenters. The van der Waals surface area contributed by atoms with Crippen LogP contribution in [0.2, 0.25) is 0 Å². The second-order valence-electron chi connectivity index (χ2n) is 5.47. The van der Waals surface area contributed by atoms with Crippen LogP contribution in [0.1, 0.15) is 42.7 Å². The summed E-state index contributed by atoms with van der Waals surface area (Å²) in [4.78, 5) is 0. The topological polar surface area (TPSA) is 0 Å². The Labute approximate surface area is 109 Å². The molecule has 2 aliphatic carbocycles. The molecule has 2 aliphatic rings. The first-order valence-corrected chi connectivity index (χ1v) is 6.98. The first kappa shape index (κ1) is 10.4. The third kappa shape index (κ3) is 1.38. The molecule has 0 heterocycles. The minimum Gasteiger partial charge on any atom is -0.0619 e. The van der Waals surface area contributed by atoms with E-state index in [1.165, 1.54) is 47.9 Å². The second-order valence-corrected chi connectivity index (χ2v) is 5.47. The first-order valence-electron chi connectivity index (χ1n) is 6.98. The smallest absolute Gasteiger partial charge is 0.0164 e. The Bertz CT molecular complexity index is 531. The number of fused-ring (bicyclic) bond motifs is 3. The monoisotopic (exact) mass is 233 g/mol. The Morgan fingerprint density at radius 2 is 1.17 bits per heavy atom. The molecule has 0 spiro atoms. The summed E-state index contributed by atoms with van der Waals surface area (Å²) in [6.07, 6.45) is 5.42. The van der Waals surface area contributed by atoms with Crippen molar-refractivity contribution < 1.29 is 0 Å². The first-order chi connectivity index (χ1) is 8.95. The van der Waals surface area contributed by atoms with Crippen molar-refractivity contribution in [3.8, 4) is 11.1 Å². The maximum Gasteiger partial charge on any atom is 0.0164 e. The van der Waals surface area contributed by atoms with E-state index in [1.54, 1.807) is 5.92 Å². The van der Waals surface area contributed by atoms with Crippen molar-refractivity contribution in [2.75, 3.05) is 0 Å². The number of hydrogen-bond donors (Lipinski definition) is 0. The van der Waals surface area contributed by atoms with E-state index in [-0.39, 0.29) is 0 Å². The van der Waals surface area contributed by atoms with Crippen molar-refractivity contribution >= 4 is 0 Å². The van der Waals surface area contributed by atoms with E-state index < -0.39 is 0 Å². The van der Waals surface area contributed by atoms with E-state index in [9.17, 15) is 0 Å². The fourth-order valence-electron chi connectivity index (χ4n) is 3.71. The molecule has 4 rings (SSSR count). The molecule has 0 amide bonds. The fourth-order valence-corrected chi connectivity index (χ4v) is 3.71. The summed E-state index contributed by atoms with van der Waals surface area (Å²) >= 11 is 0. The highest BCUT2D eigenvalue weighted by molar-refractivity contribution is 5.80. The quantitative estimate of drug-likeness (QED) is 0.654. The van der Waals surface area contributed by atoms with Crippen molar-refractivity contribution in [3.05, 3.63) is 65.6 Å². The van der Waals surface area contributed by atoms with Crippen LogP contribution in [-0.4, -0.2) is 0 Å². The Balaban J connectivity index is 1.92. The van der Waals surface area contributed by atoms with Crippen LogP contribution >= 0.6 is 0 Å². The zero-order valence-corrected chi connectivity index (χ0v) is 10.5. The van der Waals surface area contributed by atoms with E-state index in [0.717, 1.165) is 0 Å². The van der Waals surface area contributed by atoms with Crippen LogP contribution in [0, 0.1) is 5.92 Å². The summed E-state index contributed by atoms with van der Waals surface area (Å²) in [5.74, 6) is 2.34. The fraction of sp³-hybridized carbons (Fsp3) is 0.278. The average molecular weight is 233 g/mol. The SMILES string of the molecule is c1ccc2c(c1)-c1ccccc1C2[C]1CCCC1. The Morgan fingerprint density at radius 1 is 0.667 bits per heavy atom. The zero-order chi connectivity index (χ0) is 11.9. The van der Waals surface area contributed by atoms with Gasteiger partial charge in [0, 0.05) is 5.92 Å². The molecule has 0 aliphatic heterocycles. The summed E-state index contributed by atoms with van der Waals surface area (Å²) < 4.78 is 0. The van der Waals surface area contributed by atoms with E-state index >= 15 is 0 Å². The Hall–Kier alpha value is -1.56. The molecule has 1 saturated carbocycles. The average Bonchev–Trinajstić information content (AvgIpc) is 3.03. The van der Waals surface area contributed by atoms with Crippen molar-refractivity contribution in [2.45, 2.75) is 31.6 Å². The standard InChI is InChI=1S/C18H17/c1-2-8-13(7-1)18-16-11-5-3-9-14(16)15-10-4-6-12-17(15)18/h3-6,9-12,18H,1-2,7-8H2. The van der Waals surface area contributed by atoms with Gasteiger partial charge in [0.15, 0.2) is 0 Å². The van der Waals surface area contributed by atoms with Gasteiger partial charge in [-0.05, 0) is 41.0 Å². The molecule has 0 heteroatoms. The molecule has 0 aromatic heterocycles. The lowest BCUT2D eigenvalue weighted by atomic mass is 9.83. The summed E-state index contributed by atoms with van der Waals surface area (Å²) in [6, 6.07) is 17.9. The molecule has 89 valence electrons. The van der Waals surface area contributed by atoms with Gasteiger partial charge in [-0.1, -0.05) is 61.4 Å². The van der Waals surface area contributed by atoms with Gasteiger partial charge in [0.1, 0.15) is 0 Å². The molecule has 0 atom stereocenters. The Kier molecular flexibility index (Phi) is 2.29. The minimum absolute atomic E-state index is 0.583. The number of benzene rings is 2. The highest BCUT2D eigenvalue weighted by Gasteiger charge is 2.35. The van der Waals surface area contributed by atoms with Gasteiger partial charge < -0.3 is 0 Å². The van der Waals surface area contributed by atoms with Crippen LogP contribution in [0.3, 0.4) is 0 Å². The van der Waals surface area contributed by atoms with Gasteiger partial charge in [0.05, 0.1) is 0 Å².